The maximum absolute atomic E-state index is 12.9. The molecule has 1 aromatic heterocycles. The van der Waals surface area contributed by atoms with Gasteiger partial charge in [0.1, 0.15) is 5.69 Å². The number of carbonyl (C=O) groups excluding carboxylic acids is 1. The van der Waals surface area contributed by atoms with E-state index in [1.165, 1.54) is 5.56 Å². The monoisotopic (exact) mass is 365 g/mol. The van der Waals surface area contributed by atoms with Crippen molar-refractivity contribution in [3.05, 3.63) is 76.2 Å². The summed E-state index contributed by atoms with van der Waals surface area (Å²) >= 11 is 1.55. The molecular formula is C20H19N3O2S. The number of thioether (sulfide) groups is 1. The van der Waals surface area contributed by atoms with Crippen LogP contribution in [0.2, 0.25) is 0 Å². The highest BCUT2D eigenvalue weighted by Crippen LogP contribution is 2.37. The SMILES string of the molecule is Cc1c(NC(=O)C2Cc3ccccc3S2)c(=O)n(-c2ccccc2)n1C. The van der Waals surface area contributed by atoms with Crippen LogP contribution in [-0.4, -0.2) is 20.5 Å². The standard InChI is InChI=1S/C20H19N3O2S/c1-13-18(20(25)23(22(13)2)15-9-4-3-5-10-15)21-19(24)17-12-14-8-6-7-11-16(14)26-17/h3-11,17H,12H2,1-2H3,(H,21,24). The van der Waals surface area contributed by atoms with Gasteiger partial charge in [0.25, 0.3) is 5.56 Å². The molecule has 26 heavy (non-hydrogen) atoms. The summed E-state index contributed by atoms with van der Waals surface area (Å²) in [6, 6.07) is 17.5. The zero-order valence-corrected chi connectivity index (χ0v) is 15.4. The minimum Gasteiger partial charge on any atom is -0.319 e. The van der Waals surface area contributed by atoms with E-state index in [2.05, 4.69) is 5.32 Å². The summed E-state index contributed by atoms with van der Waals surface area (Å²) in [4.78, 5) is 26.8. The van der Waals surface area contributed by atoms with E-state index >= 15 is 0 Å². The van der Waals surface area contributed by atoms with E-state index in [0.29, 0.717) is 12.1 Å². The minimum atomic E-state index is -0.218. The summed E-state index contributed by atoms with van der Waals surface area (Å²) in [5, 5.41) is 2.66. The lowest BCUT2D eigenvalue weighted by Crippen LogP contribution is -2.28. The lowest BCUT2D eigenvalue weighted by Gasteiger charge is -2.09. The van der Waals surface area contributed by atoms with Gasteiger partial charge in [0.05, 0.1) is 16.6 Å². The van der Waals surface area contributed by atoms with Crippen LogP contribution in [0.4, 0.5) is 5.69 Å². The maximum Gasteiger partial charge on any atom is 0.295 e. The van der Waals surface area contributed by atoms with Crippen LogP contribution in [0, 0.1) is 6.92 Å². The number of aromatic nitrogens is 2. The van der Waals surface area contributed by atoms with Gasteiger partial charge < -0.3 is 5.32 Å². The van der Waals surface area contributed by atoms with Crippen LogP contribution < -0.4 is 10.9 Å². The molecule has 1 N–H and O–H groups in total. The number of benzene rings is 2. The first-order valence-corrected chi connectivity index (χ1v) is 9.33. The van der Waals surface area contributed by atoms with E-state index in [0.717, 1.165) is 16.3 Å². The van der Waals surface area contributed by atoms with E-state index in [1.54, 1.807) is 21.1 Å². The lowest BCUT2D eigenvalue weighted by molar-refractivity contribution is -0.115. The molecule has 2 aromatic carbocycles. The van der Waals surface area contributed by atoms with E-state index in [-0.39, 0.29) is 16.7 Å². The Morgan fingerprint density at radius 1 is 1.12 bits per heavy atom. The topological polar surface area (TPSA) is 56.0 Å². The summed E-state index contributed by atoms with van der Waals surface area (Å²) < 4.78 is 3.34. The maximum atomic E-state index is 12.9. The molecule has 1 aliphatic rings. The van der Waals surface area contributed by atoms with Gasteiger partial charge in [0, 0.05) is 11.9 Å². The molecule has 0 aliphatic carbocycles. The number of amides is 1. The van der Waals surface area contributed by atoms with Crippen molar-refractivity contribution >= 4 is 23.4 Å². The van der Waals surface area contributed by atoms with Crippen molar-refractivity contribution in [3.8, 4) is 5.69 Å². The molecule has 0 bridgehead atoms. The van der Waals surface area contributed by atoms with Crippen molar-refractivity contribution < 1.29 is 4.79 Å². The van der Waals surface area contributed by atoms with E-state index < -0.39 is 0 Å². The molecule has 1 atom stereocenters. The number of anilines is 1. The van der Waals surface area contributed by atoms with Gasteiger partial charge in [-0.15, -0.1) is 11.8 Å². The van der Waals surface area contributed by atoms with Gasteiger partial charge in [0.15, 0.2) is 0 Å². The summed E-state index contributed by atoms with van der Waals surface area (Å²) in [5.41, 5.74) is 2.81. The molecule has 5 nitrogen and oxygen atoms in total. The fourth-order valence-electron chi connectivity index (χ4n) is 3.24. The second-order valence-corrected chi connectivity index (χ2v) is 7.59. The third-order valence-corrected chi connectivity index (χ3v) is 6.06. The zero-order chi connectivity index (χ0) is 18.3. The fraction of sp³-hybridized carbons (Fsp3) is 0.200. The molecule has 132 valence electrons. The second kappa shape index (κ2) is 6.53. The largest absolute Gasteiger partial charge is 0.319 e. The number of hydrogen-bond donors (Lipinski definition) is 1. The predicted octanol–water partition coefficient (Wildman–Crippen LogP) is 3.14. The Morgan fingerprint density at radius 3 is 2.54 bits per heavy atom. The molecule has 3 aromatic rings. The van der Waals surface area contributed by atoms with Crippen LogP contribution in [0.3, 0.4) is 0 Å². The number of hydrogen-bond acceptors (Lipinski definition) is 3. The number of nitrogens with zero attached hydrogens (tertiary/aromatic N) is 2. The van der Waals surface area contributed by atoms with Crippen molar-refractivity contribution in [1.29, 1.82) is 0 Å². The smallest absolute Gasteiger partial charge is 0.295 e. The van der Waals surface area contributed by atoms with Gasteiger partial charge in [-0.25, -0.2) is 4.68 Å². The minimum absolute atomic E-state index is 0.128. The molecule has 1 aliphatic heterocycles. The van der Waals surface area contributed by atoms with Crippen LogP contribution >= 0.6 is 11.8 Å². The summed E-state index contributed by atoms with van der Waals surface area (Å²) in [6.07, 6.45) is 0.686. The van der Waals surface area contributed by atoms with Crippen LogP contribution in [0.25, 0.3) is 5.69 Å². The molecular weight excluding hydrogens is 346 g/mol. The predicted molar refractivity (Wildman–Crippen MR) is 104 cm³/mol. The van der Waals surface area contributed by atoms with Gasteiger partial charge in [-0.1, -0.05) is 36.4 Å². The Bertz CT molecular complexity index is 1010. The van der Waals surface area contributed by atoms with Crippen molar-refractivity contribution in [3.63, 3.8) is 0 Å². The van der Waals surface area contributed by atoms with Gasteiger partial charge in [-0.05, 0) is 37.1 Å². The van der Waals surface area contributed by atoms with Crippen LogP contribution in [0.1, 0.15) is 11.3 Å². The Balaban J connectivity index is 1.62. The zero-order valence-electron chi connectivity index (χ0n) is 14.6. The number of rotatable bonds is 3. The van der Waals surface area contributed by atoms with Crippen molar-refractivity contribution in [2.45, 2.75) is 23.5 Å². The van der Waals surface area contributed by atoms with E-state index in [1.807, 2.05) is 68.6 Å². The van der Waals surface area contributed by atoms with Crippen LogP contribution in [0.15, 0.2) is 64.3 Å². The van der Waals surface area contributed by atoms with Crippen molar-refractivity contribution in [2.24, 2.45) is 7.05 Å². The number of fused-ring (bicyclic) bond motifs is 1. The molecule has 0 saturated heterocycles. The van der Waals surface area contributed by atoms with Gasteiger partial charge in [0.2, 0.25) is 5.91 Å². The lowest BCUT2D eigenvalue weighted by atomic mass is 10.1. The van der Waals surface area contributed by atoms with Gasteiger partial charge in [-0.3, -0.25) is 14.3 Å². The quantitative estimate of drug-likeness (QED) is 0.776. The number of carbonyl (C=O) groups is 1. The molecule has 2 heterocycles. The van der Waals surface area contributed by atoms with Crippen molar-refractivity contribution in [2.75, 3.05) is 5.32 Å². The van der Waals surface area contributed by atoms with E-state index in [4.69, 9.17) is 0 Å². The Morgan fingerprint density at radius 2 is 1.81 bits per heavy atom. The Labute approximate surface area is 155 Å². The van der Waals surface area contributed by atoms with Crippen LogP contribution in [0.5, 0.6) is 0 Å². The highest BCUT2D eigenvalue weighted by Gasteiger charge is 2.29. The number of para-hydroxylation sites is 1. The molecule has 0 spiro atoms. The molecule has 1 amide bonds. The Kier molecular flexibility index (Phi) is 4.20. The first-order valence-electron chi connectivity index (χ1n) is 8.45. The average molecular weight is 365 g/mol. The molecule has 1 unspecified atom stereocenters. The number of nitrogens with one attached hydrogen (secondary N) is 1. The highest BCUT2D eigenvalue weighted by atomic mass is 32.2. The summed E-state index contributed by atoms with van der Waals surface area (Å²) in [6.45, 7) is 1.84. The van der Waals surface area contributed by atoms with Crippen molar-refractivity contribution in [1.82, 2.24) is 9.36 Å². The first-order chi connectivity index (χ1) is 12.6. The third kappa shape index (κ3) is 2.76. The normalized spacial score (nSPS) is 15.7. The van der Waals surface area contributed by atoms with E-state index in [9.17, 15) is 9.59 Å². The van der Waals surface area contributed by atoms with Gasteiger partial charge in [-0.2, -0.15) is 0 Å². The molecule has 6 heteroatoms. The molecule has 0 saturated carbocycles. The Hall–Kier alpha value is -2.73. The molecule has 4 rings (SSSR count). The van der Waals surface area contributed by atoms with Crippen LogP contribution in [-0.2, 0) is 18.3 Å². The molecule has 0 radical (unpaired) electrons. The second-order valence-electron chi connectivity index (χ2n) is 6.34. The summed E-state index contributed by atoms with van der Waals surface area (Å²) in [5.74, 6) is -0.128. The average Bonchev–Trinajstić information content (AvgIpc) is 3.18. The third-order valence-electron chi connectivity index (χ3n) is 4.74. The fourth-order valence-corrected chi connectivity index (χ4v) is 4.44. The molecule has 0 fully saturated rings. The first kappa shape index (κ1) is 16.7. The van der Waals surface area contributed by atoms with Gasteiger partial charge >= 0.3 is 0 Å². The summed E-state index contributed by atoms with van der Waals surface area (Å²) in [7, 11) is 1.82. The highest BCUT2D eigenvalue weighted by molar-refractivity contribution is 8.01.